The van der Waals surface area contributed by atoms with Gasteiger partial charge in [0.15, 0.2) is 0 Å². The van der Waals surface area contributed by atoms with Crippen LogP contribution in [0.5, 0.6) is 0 Å². The number of carbonyl (C=O) groups is 1. The maximum Gasteiger partial charge on any atom is 0.261 e. The van der Waals surface area contributed by atoms with Crippen LogP contribution in [0.25, 0.3) is 10.4 Å². The normalized spacial score (nSPS) is 33.6. The Kier molecular flexibility index (Phi) is 3.49. The predicted molar refractivity (Wildman–Crippen MR) is 97.2 cm³/mol. The van der Waals surface area contributed by atoms with E-state index >= 15 is 0 Å². The maximum absolute atomic E-state index is 12.8. The number of hydrogen-bond acceptors (Lipinski definition) is 3. The first-order valence-electron chi connectivity index (χ1n) is 8.95. The van der Waals surface area contributed by atoms with Gasteiger partial charge in [0.1, 0.15) is 0 Å². The third kappa shape index (κ3) is 2.49. The van der Waals surface area contributed by atoms with E-state index in [-0.39, 0.29) is 5.91 Å². The van der Waals surface area contributed by atoms with Gasteiger partial charge in [0.25, 0.3) is 5.91 Å². The Bertz CT molecular complexity index is 726. The Balaban J connectivity index is 1.32. The first kappa shape index (κ1) is 14.7. The first-order valence-corrected chi connectivity index (χ1v) is 9.76. The topological polar surface area (TPSA) is 32.3 Å². The third-order valence-corrected chi connectivity index (χ3v) is 7.11. The number of nitrogens with zero attached hydrogens (tertiary/aromatic N) is 1. The fraction of sp³-hybridized carbons (Fsp3) is 0.450. The van der Waals surface area contributed by atoms with Crippen molar-refractivity contribution in [1.82, 2.24) is 10.2 Å². The molecule has 1 aromatic carbocycles. The summed E-state index contributed by atoms with van der Waals surface area (Å²) in [5.41, 5.74) is 1.18. The quantitative estimate of drug-likeness (QED) is 0.929. The van der Waals surface area contributed by atoms with Crippen molar-refractivity contribution >= 4 is 17.2 Å². The van der Waals surface area contributed by atoms with Crippen LogP contribution in [0, 0.1) is 17.8 Å². The summed E-state index contributed by atoms with van der Waals surface area (Å²) >= 11 is 1.60. The molecule has 1 amide bonds. The van der Waals surface area contributed by atoms with Crippen molar-refractivity contribution in [3.05, 3.63) is 47.3 Å². The van der Waals surface area contributed by atoms with Gasteiger partial charge in [0.05, 0.1) is 4.88 Å². The van der Waals surface area contributed by atoms with Crippen molar-refractivity contribution in [2.24, 2.45) is 17.8 Å². The molecule has 6 rings (SSSR count). The smallest absolute Gasteiger partial charge is 0.261 e. The van der Waals surface area contributed by atoms with Crippen molar-refractivity contribution in [3.8, 4) is 10.4 Å². The molecule has 3 saturated heterocycles. The highest BCUT2D eigenvalue weighted by Crippen LogP contribution is 2.43. The Morgan fingerprint density at radius 3 is 2.46 bits per heavy atom. The van der Waals surface area contributed by atoms with Gasteiger partial charge in [-0.2, -0.15) is 0 Å². The first-order chi connectivity index (χ1) is 11.8. The summed E-state index contributed by atoms with van der Waals surface area (Å²) in [5, 5.41) is 3.39. The summed E-state index contributed by atoms with van der Waals surface area (Å²) in [4.78, 5) is 17.4. The molecule has 0 spiro atoms. The standard InChI is InChI=1S/C20H22N2OS/c23-20(18-7-6-17(24-18)14-4-2-1-3-5-14)21-19-15-8-13-9-16(19)12-22(10-13)11-15/h1-7,13,15-16,19H,8-12H2,(H,21,23)/t13?,15-,16-,19?/m1/s1. The lowest BCUT2D eigenvalue weighted by Crippen LogP contribution is -2.64. The van der Waals surface area contributed by atoms with Gasteiger partial charge < -0.3 is 10.2 Å². The molecule has 4 fully saturated rings. The molecule has 3 nitrogen and oxygen atoms in total. The third-order valence-electron chi connectivity index (χ3n) is 5.98. The molecule has 3 aliphatic heterocycles. The second-order valence-electron chi connectivity index (χ2n) is 7.61. The SMILES string of the molecule is O=C(NC1[C@@H]2CC3C[C@@H]1CN(C3)C2)c1ccc(-c2ccccc2)s1. The minimum Gasteiger partial charge on any atom is -0.348 e. The van der Waals surface area contributed by atoms with Gasteiger partial charge in [-0.15, -0.1) is 11.3 Å². The highest BCUT2D eigenvalue weighted by Gasteiger charge is 2.47. The van der Waals surface area contributed by atoms with E-state index in [0.29, 0.717) is 17.9 Å². The molecule has 0 unspecified atom stereocenters. The molecule has 4 heterocycles. The van der Waals surface area contributed by atoms with Crippen LogP contribution in [0.1, 0.15) is 22.5 Å². The highest BCUT2D eigenvalue weighted by molar-refractivity contribution is 7.17. The number of hydrogen-bond donors (Lipinski definition) is 1. The molecule has 124 valence electrons. The van der Waals surface area contributed by atoms with Gasteiger partial charge >= 0.3 is 0 Å². The van der Waals surface area contributed by atoms with E-state index in [1.807, 2.05) is 24.3 Å². The van der Waals surface area contributed by atoms with E-state index in [2.05, 4.69) is 28.4 Å². The largest absolute Gasteiger partial charge is 0.348 e. The molecule has 2 aromatic rings. The highest BCUT2D eigenvalue weighted by atomic mass is 32.1. The van der Waals surface area contributed by atoms with Gasteiger partial charge in [-0.25, -0.2) is 0 Å². The predicted octanol–water partition coefficient (Wildman–Crippen LogP) is 3.49. The average molecular weight is 338 g/mol. The van der Waals surface area contributed by atoms with E-state index in [1.165, 1.54) is 38.0 Å². The Morgan fingerprint density at radius 1 is 1.00 bits per heavy atom. The van der Waals surface area contributed by atoms with Gasteiger partial charge in [-0.3, -0.25) is 4.79 Å². The minimum atomic E-state index is 0.120. The summed E-state index contributed by atoms with van der Waals surface area (Å²) in [5.74, 6) is 2.32. The summed E-state index contributed by atoms with van der Waals surface area (Å²) in [6, 6.07) is 14.7. The zero-order valence-corrected chi connectivity index (χ0v) is 14.5. The Labute approximate surface area is 146 Å². The summed E-state index contributed by atoms with van der Waals surface area (Å²) in [6.45, 7) is 3.65. The molecule has 4 aliphatic rings. The fourth-order valence-electron chi connectivity index (χ4n) is 5.08. The number of piperidine rings is 3. The second kappa shape index (κ2) is 5.71. The molecular formula is C20H22N2OS. The van der Waals surface area contributed by atoms with E-state index < -0.39 is 0 Å². The Hall–Kier alpha value is -1.65. The molecule has 1 N–H and O–H groups in total. The van der Waals surface area contributed by atoms with Crippen molar-refractivity contribution < 1.29 is 4.79 Å². The van der Waals surface area contributed by atoms with Gasteiger partial charge in [-0.1, -0.05) is 30.3 Å². The molecular weight excluding hydrogens is 316 g/mol. The molecule has 4 heteroatoms. The van der Waals surface area contributed by atoms with Crippen LogP contribution in [0.3, 0.4) is 0 Å². The lowest BCUT2D eigenvalue weighted by Gasteiger charge is -2.55. The van der Waals surface area contributed by atoms with Crippen molar-refractivity contribution in [2.75, 3.05) is 19.6 Å². The molecule has 0 radical (unpaired) electrons. The van der Waals surface area contributed by atoms with Gasteiger partial charge in [0, 0.05) is 30.6 Å². The molecule has 1 aliphatic carbocycles. The van der Waals surface area contributed by atoms with Crippen LogP contribution < -0.4 is 5.32 Å². The summed E-state index contributed by atoms with van der Waals surface area (Å²) in [6.07, 6.45) is 2.61. The van der Waals surface area contributed by atoms with Crippen LogP contribution >= 0.6 is 11.3 Å². The molecule has 4 bridgehead atoms. The lowest BCUT2D eigenvalue weighted by atomic mass is 9.65. The molecule has 1 saturated carbocycles. The van der Waals surface area contributed by atoms with Gasteiger partial charge in [0.2, 0.25) is 0 Å². The molecule has 24 heavy (non-hydrogen) atoms. The summed E-state index contributed by atoms with van der Waals surface area (Å²) in [7, 11) is 0. The maximum atomic E-state index is 12.8. The van der Waals surface area contributed by atoms with E-state index in [0.717, 1.165) is 15.7 Å². The number of amides is 1. The van der Waals surface area contributed by atoms with Crippen LogP contribution in [-0.2, 0) is 0 Å². The van der Waals surface area contributed by atoms with Crippen molar-refractivity contribution in [3.63, 3.8) is 0 Å². The van der Waals surface area contributed by atoms with Crippen LogP contribution in [0.2, 0.25) is 0 Å². The van der Waals surface area contributed by atoms with Crippen LogP contribution in [0.4, 0.5) is 0 Å². The van der Waals surface area contributed by atoms with E-state index in [4.69, 9.17) is 0 Å². The number of benzene rings is 1. The molecule has 2 atom stereocenters. The zero-order chi connectivity index (χ0) is 16.1. The number of nitrogens with one attached hydrogen (secondary N) is 1. The van der Waals surface area contributed by atoms with Crippen LogP contribution in [0.15, 0.2) is 42.5 Å². The minimum absolute atomic E-state index is 0.120. The number of carbonyl (C=O) groups excluding carboxylic acids is 1. The van der Waals surface area contributed by atoms with Gasteiger partial charge in [-0.05, 0) is 48.3 Å². The number of thiophene rings is 1. The zero-order valence-electron chi connectivity index (χ0n) is 13.7. The van der Waals surface area contributed by atoms with E-state index in [1.54, 1.807) is 11.3 Å². The van der Waals surface area contributed by atoms with Crippen molar-refractivity contribution in [1.29, 1.82) is 0 Å². The molecule has 1 aromatic heterocycles. The Morgan fingerprint density at radius 2 is 1.75 bits per heavy atom. The monoisotopic (exact) mass is 338 g/mol. The second-order valence-corrected chi connectivity index (χ2v) is 8.69. The summed E-state index contributed by atoms with van der Waals surface area (Å²) < 4.78 is 0. The average Bonchev–Trinajstić information content (AvgIpc) is 3.08. The fourth-order valence-corrected chi connectivity index (χ4v) is 6.00. The lowest BCUT2D eigenvalue weighted by molar-refractivity contribution is -0.0418. The number of rotatable bonds is 3. The van der Waals surface area contributed by atoms with Crippen molar-refractivity contribution in [2.45, 2.75) is 18.9 Å². The van der Waals surface area contributed by atoms with Crippen LogP contribution in [-0.4, -0.2) is 36.5 Å². The van der Waals surface area contributed by atoms with E-state index in [9.17, 15) is 4.79 Å².